The lowest BCUT2D eigenvalue weighted by Crippen LogP contribution is -2.46. The molecule has 1 aliphatic heterocycles. The van der Waals surface area contributed by atoms with Crippen molar-refractivity contribution in [3.63, 3.8) is 0 Å². The van der Waals surface area contributed by atoms with Crippen LogP contribution in [0.2, 0.25) is 10.0 Å². The predicted molar refractivity (Wildman–Crippen MR) is 83.2 cm³/mol. The molecule has 21 heavy (non-hydrogen) atoms. The number of halogens is 2. The molecule has 0 spiro atoms. The Hall–Kier alpha value is -0.970. The first kappa shape index (κ1) is 16.4. The van der Waals surface area contributed by atoms with Crippen LogP contribution in [0.3, 0.4) is 0 Å². The Labute approximate surface area is 134 Å². The third-order valence-corrected chi connectivity index (χ3v) is 4.15. The largest absolute Gasteiger partial charge is 0.491 e. The Bertz CT molecular complexity index is 496. The zero-order chi connectivity index (χ0) is 15.2. The smallest absolute Gasteiger partial charge is 0.323 e. The first-order chi connectivity index (χ1) is 10.1. The third kappa shape index (κ3) is 4.50. The first-order valence-corrected chi connectivity index (χ1v) is 7.77. The molecule has 1 aromatic rings. The summed E-state index contributed by atoms with van der Waals surface area (Å²) < 4.78 is 10.5. The molecule has 0 aliphatic carbocycles. The van der Waals surface area contributed by atoms with Gasteiger partial charge in [0.15, 0.2) is 0 Å². The van der Waals surface area contributed by atoms with E-state index in [0.717, 1.165) is 25.8 Å². The molecule has 1 heterocycles. The van der Waals surface area contributed by atoms with E-state index in [1.54, 1.807) is 18.2 Å². The number of hydrogen-bond acceptors (Lipinski definition) is 4. The number of nitrogens with zero attached hydrogens (tertiary/aromatic N) is 1. The number of carbonyl (C=O) groups excluding carboxylic acids is 1. The number of piperidine rings is 1. The fourth-order valence-corrected chi connectivity index (χ4v) is 2.99. The Morgan fingerprint density at radius 1 is 1.38 bits per heavy atom. The highest BCUT2D eigenvalue weighted by Gasteiger charge is 2.29. The van der Waals surface area contributed by atoms with Gasteiger partial charge in [-0.2, -0.15) is 0 Å². The lowest BCUT2D eigenvalue weighted by atomic mass is 10.0. The SMILES string of the molecule is COC(=O)[C@H]1CCCCN1CCOc1ccc(Cl)cc1Cl. The molecule has 0 radical (unpaired) electrons. The molecule has 1 saturated heterocycles. The predicted octanol–water partition coefficient (Wildman–Crippen LogP) is 3.40. The summed E-state index contributed by atoms with van der Waals surface area (Å²) in [5.41, 5.74) is 0. The molecule has 0 saturated carbocycles. The van der Waals surface area contributed by atoms with Crippen LogP contribution in [0.5, 0.6) is 5.75 Å². The minimum Gasteiger partial charge on any atom is -0.491 e. The molecule has 1 fully saturated rings. The van der Waals surface area contributed by atoms with E-state index in [2.05, 4.69) is 4.90 Å². The van der Waals surface area contributed by atoms with Crippen molar-refractivity contribution in [1.29, 1.82) is 0 Å². The van der Waals surface area contributed by atoms with Gasteiger partial charge in [0.1, 0.15) is 18.4 Å². The van der Waals surface area contributed by atoms with Crippen LogP contribution in [0, 0.1) is 0 Å². The zero-order valence-corrected chi connectivity index (χ0v) is 13.5. The van der Waals surface area contributed by atoms with Gasteiger partial charge < -0.3 is 9.47 Å². The van der Waals surface area contributed by atoms with Gasteiger partial charge in [-0.1, -0.05) is 29.6 Å². The highest BCUT2D eigenvalue weighted by atomic mass is 35.5. The van der Waals surface area contributed by atoms with E-state index >= 15 is 0 Å². The van der Waals surface area contributed by atoms with Gasteiger partial charge in [0.2, 0.25) is 0 Å². The van der Waals surface area contributed by atoms with E-state index in [9.17, 15) is 4.79 Å². The monoisotopic (exact) mass is 331 g/mol. The van der Waals surface area contributed by atoms with Crippen LogP contribution >= 0.6 is 23.2 Å². The van der Waals surface area contributed by atoms with E-state index in [4.69, 9.17) is 32.7 Å². The van der Waals surface area contributed by atoms with Gasteiger partial charge in [-0.15, -0.1) is 0 Å². The van der Waals surface area contributed by atoms with Crippen LogP contribution in [0.15, 0.2) is 18.2 Å². The summed E-state index contributed by atoms with van der Waals surface area (Å²) in [5.74, 6) is 0.437. The van der Waals surface area contributed by atoms with Crippen LogP contribution in [0.4, 0.5) is 0 Å². The van der Waals surface area contributed by atoms with Gasteiger partial charge in [-0.3, -0.25) is 9.69 Å². The summed E-state index contributed by atoms with van der Waals surface area (Å²) in [4.78, 5) is 13.9. The van der Waals surface area contributed by atoms with Gasteiger partial charge >= 0.3 is 5.97 Å². The summed E-state index contributed by atoms with van der Waals surface area (Å²) >= 11 is 11.9. The van der Waals surface area contributed by atoms with Crippen molar-refractivity contribution in [2.24, 2.45) is 0 Å². The second-order valence-electron chi connectivity index (χ2n) is 4.99. The number of rotatable bonds is 5. The van der Waals surface area contributed by atoms with Crippen molar-refractivity contribution in [3.8, 4) is 5.75 Å². The molecular formula is C15H19Cl2NO3. The molecule has 0 unspecified atom stereocenters. The van der Waals surface area contributed by atoms with Crippen molar-refractivity contribution >= 4 is 29.2 Å². The van der Waals surface area contributed by atoms with Crippen molar-refractivity contribution in [2.75, 3.05) is 26.8 Å². The van der Waals surface area contributed by atoms with Gasteiger partial charge in [0.25, 0.3) is 0 Å². The maximum absolute atomic E-state index is 11.8. The molecule has 0 N–H and O–H groups in total. The van der Waals surface area contributed by atoms with Gasteiger partial charge in [0, 0.05) is 11.6 Å². The number of hydrogen-bond donors (Lipinski definition) is 0. The van der Waals surface area contributed by atoms with Gasteiger partial charge in [0.05, 0.1) is 12.1 Å². The minimum atomic E-state index is -0.167. The number of benzene rings is 1. The van der Waals surface area contributed by atoms with Crippen LogP contribution < -0.4 is 4.74 Å². The minimum absolute atomic E-state index is 0.159. The number of ether oxygens (including phenoxy) is 2. The number of likely N-dealkylation sites (tertiary alicyclic amines) is 1. The fraction of sp³-hybridized carbons (Fsp3) is 0.533. The van der Waals surface area contributed by atoms with Crippen LogP contribution in [0.1, 0.15) is 19.3 Å². The second-order valence-corrected chi connectivity index (χ2v) is 5.84. The zero-order valence-electron chi connectivity index (χ0n) is 12.0. The lowest BCUT2D eigenvalue weighted by molar-refractivity contribution is -0.148. The number of methoxy groups -OCH3 is 1. The summed E-state index contributed by atoms with van der Waals surface area (Å²) in [6.45, 7) is 2.02. The van der Waals surface area contributed by atoms with E-state index in [1.165, 1.54) is 7.11 Å². The molecule has 116 valence electrons. The maximum Gasteiger partial charge on any atom is 0.323 e. The lowest BCUT2D eigenvalue weighted by Gasteiger charge is -2.33. The maximum atomic E-state index is 11.8. The number of esters is 1. The standard InChI is InChI=1S/C15H19Cl2NO3/c1-20-15(19)13-4-2-3-7-18(13)8-9-21-14-6-5-11(16)10-12(14)17/h5-6,10,13H,2-4,7-9H2,1H3/t13-/m1/s1. The van der Waals surface area contributed by atoms with E-state index in [1.807, 2.05) is 0 Å². The number of carbonyl (C=O) groups is 1. The molecule has 4 nitrogen and oxygen atoms in total. The van der Waals surface area contributed by atoms with Crippen molar-refractivity contribution in [3.05, 3.63) is 28.2 Å². The molecule has 0 bridgehead atoms. The highest BCUT2D eigenvalue weighted by Crippen LogP contribution is 2.27. The quantitative estimate of drug-likeness (QED) is 0.775. The Kier molecular flexibility index (Phi) is 6.15. The van der Waals surface area contributed by atoms with E-state index in [-0.39, 0.29) is 12.0 Å². The molecular weight excluding hydrogens is 313 g/mol. The molecule has 1 aliphatic rings. The van der Waals surface area contributed by atoms with Crippen molar-refractivity contribution in [1.82, 2.24) is 4.90 Å². The highest BCUT2D eigenvalue weighted by molar-refractivity contribution is 6.35. The van der Waals surface area contributed by atoms with Crippen molar-refractivity contribution in [2.45, 2.75) is 25.3 Å². The van der Waals surface area contributed by atoms with Crippen LogP contribution in [0.25, 0.3) is 0 Å². The topological polar surface area (TPSA) is 38.8 Å². The molecule has 2 rings (SSSR count). The molecule has 0 aromatic heterocycles. The summed E-state index contributed by atoms with van der Waals surface area (Å²) in [6.07, 6.45) is 2.99. The Morgan fingerprint density at radius 2 is 2.19 bits per heavy atom. The fourth-order valence-electron chi connectivity index (χ4n) is 2.53. The van der Waals surface area contributed by atoms with Gasteiger partial charge in [-0.25, -0.2) is 0 Å². The Balaban J connectivity index is 1.87. The third-order valence-electron chi connectivity index (χ3n) is 3.62. The molecule has 1 atom stereocenters. The van der Waals surface area contributed by atoms with Crippen LogP contribution in [-0.4, -0.2) is 43.7 Å². The molecule has 6 heteroatoms. The van der Waals surface area contributed by atoms with E-state index < -0.39 is 0 Å². The Morgan fingerprint density at radius 3 is 2.90 bits per heavy atom. The summed E-state index contributed by atoms with van der Waals surface area (Å²) in [5, 5.41) is 1.07. The molecule has 1 aromatic carbocycles. The van der Waals surface area contributed by atoms with Gasteiger partial charge in [-0.05, 0) is 37.6 Å². The molecule has 0 amide bonds. The normalized spacial score (nSPS) is 19.3. The average Bonchev–Trinajstić information content (AvgIpc) is 2.49. The second kappa shape index (κ2) is 7.87. The summed E-state index contributed by atoms with van der Waals surface area (Å²) in [6, 6.07) is 4.98. The van der Waals surface area contributed by atoms with Crippen molar-refractivity contribution < 1.29 is 14.3 Å². The van der Waals surface area contributed by atoms with Crippen LogP contribution in [-0.2, 0) is 9.53 Å². The average molecular weight is 332 g/mol. The first-order valence-electron chi connectivity index (χ1n) is 7.01. The van der Waals surface area contributed by atoms with E-state index in [0.29, 0.717) is 28.9 Å². The summed E-state index contributed by atoms with van der Waals surface area (Å²) in [7, 11) is 1.43.